The Labute approximate surface area is 121 Å². The first-order chi connectivity index (χ1) is 9.54. The van der Waals surface area contributed by atoms with Crippen LogP contribution in [-0.2, 0) is 0 Å². The summed E-state index contributed by atoms with van der Waals surface area (Å²) in [6.07, 6.45) is -1.81. The van der Waals surface area contributed by atoms with Crippen LogP contribution in [0, 0.1) is 5.92 Å². The van der Waals surface area contributed by atoms with Crippen LogP contribution < -0.4 is 10.6 Å². The Morgan fingerprint density at radius 2 is 2.10 bits per heavy atom. The Kier molecular flexibility index (Phi) is 5.60. The number of halogens is 3. The highest BCUT2D eigenvalue weighted by Crippen LogP contribution is 2.32. The lowest BCUT2D eigenvalue weighted by molar-refractivity contribution is -0.105. The fourth-order valence-corrected chi connectivity index (χ4v) is 3.04. The van der Waals surface area contributed by atoms with Gasteiger partial charge in [-0.2, -0.15) is 13.2 Å². The summed E-state index contributed by atoms with van der Waals surface area (Å²) in [5.41, 5.74) is 0.798. The van der Waals surface area contributed by atoms with Crippen LogP contribution >= 0.6 is 11.8 Å². The van der Waals surface area contributed by atoms with E-state index in [9.17, 15) is 13.2 Å². The predicted molar refractivity (Wildman–Crippen MR) is 77.3 cm³/mol. The summed E-state index contributed by atoms with van der Waals surface area (Å²) in [6, 6.07) is 7.19. The van der Waals surface area contributed by atoms with E-state index in [1.165, 1.54) is 0 Å². The largest absolute Gasteiger partial charge is 0.398 e. The minimum atomic E-state index is -4.13. The topological polar surface area (TPSA) is 24.1 Å². The van der Waals surface area contributed by atoms with Crippen molar-refractivity contribution in [1.29, 1.82) is 0 Å². The molecular weight excluding hydrogens is 285 g/mol. The molecule has 20 heavy (non-hydrogen) atoms. The molecule has 1 aliphatic heterocycles. The van der Waals surface area contributed by atoms with E-state index in [1.807, 2.05) is 12.1 Å². The Balaban J connectivity index is 1.89. The lowest BCUT2D eigenvalue weighted by atomic mass is 10.00. The Morgan fingerprint density at radius 1 is 1.30 bits per heavy atom. The van der Waals surface area contributed by atoms with Crippen LogP contribution in [-0.4, -0.2) is 31.6 Å². The minimum absolute atomic E-state index is 0.546. The molecule has 0 bridgehead atoms. The summed E-state index contributed by atoms with van der Waals surface area (Å²) in [4.78, 5) is 0.661. The Morgan fingerprint density at radius 3 is 2.80 bits per heavy atom. The van der Waals surface area contributed by atoms with Crippen LogP contribution in [0.2, 0.25) is 0 Å². The third-order valence-corrected chi connectivity index (χ3v) is 4.40. The molecule has 1 heterocycles. The number of piperidine rings is 1. The van der Waals surface area contributed by atoms with Crippen molar-refractivity contribution in [3.63, 3.8) is 0 Å². The van der Waals surface area contributed by atoms with Gasteiger partial charge in [0.15, 0.2) is 0 Å². The standard InChI is InChI=1S/C14H19F3N2S/c15-14(16,17)10-20-13-6-2-1-5-12(13)19-9-11-4-3-7-18-8-11/h1-2,5-6,11,18-19H,3-4,7-10H2. The number of anilines is 1. The molecule has 1 fully saturated rings. The SMILES string of the molecule is FC(F)(F)CSc1ccccc1NCC1CCCNC1. The molecular formula is C14H19F3N2S. The van der Waals surface area contributed by atoms with Gasteiger partial charge < -0.3 is 10.6 Å². The average Bonchev–Trinajstić information content (AvgIpc) is 2.44. The second-order valence-electron chi connectivity index (χ2n) is 4.99. The molecule has 1 aromatic carbocycles. The highest BCUT2D eigenvalue weighted by Gasteiger charge is 2.27. The zero-order valence-electron chi connectivity index (χ0n) is 11.2. The number of thioether (sulfide) groups is 1. The van der Waals surface area contributed by atoms with Crippen molar-refractivity contribution in [3.05, 3.63) is 24.3 Å². The maximum atomic E-state index is 12.3. The molecule has 0 saturated carbocycles. The lowest BCUT2D eigenvalue weighted by Crippen LogP contribution is -2.33. The van der Waals surface area contributed by atoms with Crippen molar-refractivity contribution >= 4 is 17.4 Å². The molecule has 1 unspecified atom stereocenters. The van der Waals surface area contributed by atoms with Crippen molar-refractivity contribution in [2.24, 2.45) is 5.92 Å². The molecule has 6 heteroatoms. The van der Waals surface area contributed by atoms with Crippen LogP contribution in [0.4, 0.5) is 18.9 Å². The molecule has 2 N–H and O–H groups in total. The van der Waals surface area contributed by atoms with Crippen LogP contribution in [0.25, 0.3) is 0 Å². The van der Waals surface area contributed by atoms with Gasteiger partial charge in [-0.3, -0.25) is 0 Å². The lowest BCUT2D eigenvalue weighted by Gasteiger charge is -2.24. The van der Waals surface area contributed by atoms with Gasteiger partial charge in [0.2, 0.25) is 0 Å². The molecule has 0 aliphatic carbocycles. The summed E-state index contributed by atoms with van der Waals surface area (Å²) in [7, 11) is 0. The third kappa shape index (κ3) is 5.25. The first kappa shape index (κ1) is 15.5. The van der Waals surface area contributed by atoms with Crippen molar-refractivity contribution in [2.75, 3.05) is 30.7 Å². The molecule has 0 aromatic heterocycles. The number of nitrogens with one attached hydrogen (secondary N) is 2. The first-order valence-electron chi connectivity index (χ1n) is 6.78. The normalized spacial score (nSPS) is 19.9. The number of para-hydroxylation sites is 1. The van der Waals surface area contributed by atoms with E-state index in [2.05, 4.69) is 10.6 Å². The second kappa shape index (κ2) is 7.22. The van der Waals surface area contributed by atoms with Gasteiger partial charge >= 0.3 is 6.18 Å². The van der Waals surface area contributed by atoms with Gasteiger partial charge in [-0.15, -0.1) is 11.8 Å². The van der Waals surface area contributed by atoms with Gasteiger partial charge in [0, 0.05) is 17.1 Å². The van der Waals surface area contributed by atoms with E-state index >= 15 is 0 Å². The molecule has 1 atom stereocenters. The van der Waals surface area contributed by atoms with E-state index in [-0.39, 0.29) is 0 Å². The smallest absolute Gasteiger partial charge is 0.384 e. The summed E-state index contributed by atoms with van der Waals surface area (Å²) in [5.74, 6) is -0.305. The molecule has 0 amide bonds. The zero-order valence-corrected chi connectivity index (χ0v) is 12.0. The van der Waals surface area contributed by atoms with Crippen LogP contribution in [0.5, 0.6) is 0 Å². The van der Waals surface area contributed by atoms with Gasteiger partial charge in [-0.05, 0) is 44.0 Å². The Hall–Kier alpha value is -0.880. The number of hydrogen-bond acceptors (Lipinski definition) is 3. The summed E-state index contributed by atoms with van der Waals surface area (Å²) in [5, 5.41) is 6.63. The number of hydrogen-bond donors (Lipinski definition) is 2. The fraction of sp³-hybridized carbons (Fsp3) is 0.571. The van der Waals surface area contributed by atoms with Gasteiger partial charge in [-0.25, -0.2) is 0 Å². The highest BCUT2D eigenvalue weighted by atomic mass is 32.2. The second-order valence-corrected chi connectivity index (χ2v) is 6.01. The predicted octanol–water partition coefficient (Wildman–Crippen LogP) is 3.75. The van der Waals surface area contributed by atoms with E-state index < -0.39 is 11.9 Å². The van der Waals surface area contributed by atoms with Crippen LogP contribution in [0.3, 0.4) is 0 Å². The van der Waals surface area contributed by atoms with E-state index in [0.29, 0.717) is 10.8 Å². The fourth-order valence-electron chi connectivity index (χ4n) is 2.25. The summed E-state index contributed by atoms with van der Waals surface area (Å²) < 4.78 is 36.9. The molecule has 1 aliphatic rings. The van der Waals surface area contributed by atoms with Crippen molar-refractivity contribution in [1.82, 2.24) is 5.32 Å². The molecule has 0 spiro atoms. The Bertz CT molecular complexity index is 417. The van der Waals surface area contributed by atoms with Gasteiger partial charge in [-0.1, -0.05) is 12.1 Å². The van der Waals surface area contributed by atoms with Crippen molar-refractivity contribution in [2.45, 2.75) is 23.9 Å². The number of benzene rings is 1. The van der Waals surface area contributed by atoms with Crippen LogP contribution in [0.15, 0.2) is 29.2 Å². The van der Waals surface area contributed by atoms with Crippen LogP contribution in [0.1, 0.15) is 12.8 Å². The number of rotatable bonds is 5. The first-order valence-corrected chi connectivity index (χ1v) is 7.76. The van der Waals surface area contributed by atoms with Gasteiger partial charge in [0.1, 0.15) is 0 Å². The molecule has 112 valence electrons. The molecule has 1 saturated heterocycles. The van der Waals surface area contributed by atoms with Gasteiger partial charge in [0.05, 0.1) is 5.75 Å². The maximum absolute atomic E-state index is 12.3. The average molecular weight is 304 g/mol. The number of alkyl halides is 3. The van der Waals surface area contributed by atoms with E-state index in [0.717, 1.165) is 49.9 Å². The maximum Gasteiger partial charge on any atom is 0.398 e. The molecule has 1 aromatic rings. The monoisotopic (exact) mass is 304 g/mol. The molecule has 2 nitrogen and oxygen atoms in total. The highest BCUT2D eigenvalue weighted by molar-refractivity contribution is 7.99. The van der Waals surface area contributed by atoms with Crippen molar-refractivity contribution < 1.29 is 13.2 Å². The molecule has 0 radical (unpaired) electrons. The summed E-state index contributed by atoms with van der Waals surface area (Å²) >= 11 is 0.837. The van der Waals surface area contributed by atoms with Crippen molar-refractivity contribution in [3.8, 4) is 0 Å². The minimum Gasteiger partial charge on any atom is -0.384 e. The molecule has 2 rings (SSSR count). The zero-order chi connectivity index (χ0) is 14.4. The summed E-state index contributed by atoms with van der Waals surface area (Å²) in [6.45, 7) is 2.84. The van der Waals surface area contributed by atoms with Gasteiger partial charge in [0.25, 0.3) is 0 Å². The van der Waals surface area contributed by atoms with E-state index in [4.69, 9.17) is 0 Å². The van der Waals surface area contributed by atoms with E-state index in [1.54, 1.807) is 12.1 Å². The third-order valence-electron chi connectivity index (χ3n) is 3.26. The quantitative estimate of drug-likeness (QED) is 0.810.